The molecule has 0 atom stereocenters. The molecule has 2 aliphatic rings. The van der Waals surface area contributed by atoms with Gasteiger partial charge in [0, 0.05) is 43.4 Å². The predicted octanol–water partition coefficient (Wildman–Crippen LogP) is 5.43. The van der Waals surface area contributed by atoms with Gasteiger partial charge in [-0.1, -0.05) is 6.07 Å². The molecule has 3 aromatic rings. The van der Waals surface area contributed by atoms with Crippen molar-refractivity contribution in [3.8, 4) is 23.3 Å². The van der Waals surface area contributed by atoms with Gasteiger partial charge in [0.05, 0.1) is 41.7 Å². The van der Waals surface area contributed by atoms with Gasteiger partial charge in [0.25, 0.3) is 5.91 Å². The summed E-state index contributed by atoms with van der Waals surface area (Å²) < 4.78 is 66.2. The van der Waals surface area contributed by atoms with Crippen LogP contribution in [0, 0.1) is 17.1 Å². The van der Waals surface area contributed by atoms with Crippen LogP contribution in [-0.2, 0) is 15.7 Å². The smallest absolute Gasteiger partial charge is 0.420 e. The number of phenols is 1. The third-order valence-corrected chi connectivity index (χ3v) is 6.71. The Morgan fingerprint density at radius 3 is 2.55 bits per heavy atom. The fourth-order valence-corrected chi connectivity index (χ4v) is 4.69. The fourth-order valence-electron chi connectivity index (χ4n) is 4.69. The highest BCUT2D eigenvalue weighted by molar-refractivity contribution is 6.36. The zero-order valence-electron chi connectivity index (χ0n) is 21.0. The number of morpholine rings is 1. The van der Waals surface area contributed by atoms with Crippen LogP contribution in [0.25, 0.3) is 11.6 Å². The lowest BCUT2D eigenvalue weighted by Crippen LogP contribution is -2.42. The molecule has 1 saturated heterocycles. The van der Waals surface area contributed by atoms with Gasteiger partial charge in [0.15, 0.2) is 0 Å². The van der Waals surface area contributed by atoms with Crippen molar-refractivity contribution < 1.29 is 36.9 Å². The average Bonchev–Trinajstić information content (AvgIpc) is 3.20. The summed E-state index contributed by atoms with van der Waals surface area (Å²) in [6, 6.07) is 12.8. The summed E-state index contributed by atoms with van der Waals surface area (Å²) in [5.74, 6) is -2.06. The minimum Gasteiger partial charge on any atom is -0.507 e. The number of ether oxygens (including phenoxy) is 2. The molecule has 5 rings (SSSR count). The second-order valence-electron chi connectivity index (χ2n) is 9.25. The Hall–Kier alpha value is -4.40. The number of halogens is 4. The Morgan fingerprint density at radius 2 is 1.85 bits per heavy atom. The van der Waals surface area contributed by atoms with Gasteiger partial charge < -0.3 is 19.5 Å². The fraction of sp³-hybridized carbons (Fsp3) is 0.241. The number of nitrogens with zero attached hydrogens (tertiary/aromatic N) is 3. The Morgan fingerprint density at radius 1 is 1.07 bits per heavy atom. The van der Waals surface area contributed by atoms with Crippen LogP contribution in [0.4, 0.5) is 23.2 Å². The number of hydrogen-bond acceptors (Lipinski definition) is 6. The van der Waals surface area contributed by atoms with E-state index in [0.717, 1.165) is 25.2 Å². The Bertz CT molecular complexity index is 1520. The summed E-state index contributed by atoms with van der Waals surface area (Å²) >= 11 is 0. The Labute approximate surface area is 227 Å². The zero-order chi connectivity index (χ0) is 28.4. The molecule has 0 radical (unpaired) electrons. The van der Waals surface area contributed by atoms with Gasteiger partial charge in [-0.15, -0.1) is 0 Å². The number of aromatic hydroxyl groups is 1. The van der Waals surface area contributed by atoms with Crippen LogP contribution in [0.1, 0.15) is 22.3 Å². The molecule has 2 aliphatic heterocycles. The maximum atomic E-state index is 14.9. The number of carbonyl (C=O) groups is 1. The van der Waals surface area contributed by atoms with Crippen molar-refractivity contribution in [1.82, 2.24) is 4.90 Å². The molecule has 0 saturated carbocycles. The molecular weight excluding hydrogens is 530 g/mol. The van der Waals surface area contributed by atoms with Crippen LogP contribution in [0.5, 0.6) is 17.2 Å². The number of carbonyl (C=O) groups excluding carboxylic acids is 1. The van der Waals surface area contributed by atoms with Crippen LogP contribution in [-0.4, -0.2) is 55.3 Å². The normalized spacial score (nSPS) is 16.7. The predicted molar refractivity (Wildman–Crippen MR) is 138 cm³/mol. The summed E-state index contributed by atoms with van der Waals surface area (Å²) in [4.78, 5) is 17.1. The number of rotatable bonds is 6. The largest absolute Gasteiger partial charge is 0.507 e. The third-order valence-electron chi connectivity index (χ3n) is 6.71. The van der Waals surface area contributed by atoms with Crippen molar-refractivity contribution in [2.24, 2.45) is 0 Å². The lowest BCUT2D eigenvalue weighted by molar-refractivity contribution is -0.138. The van der Waals surface area contributed by atoms with Crippen LogP contribution in [0.2, 0.25) is 0 Å². The first-order valence-electron chi connectivity index (χ1n) is 12.4. The van der Waals surface area contributed by atoms with Crippen LogP contribution < -0.4 is 9.64 Å². The van der Waals surface area contributed by atoms with Gasteiger partial charge in [-0.25, -0.2) is 4.39 Å². The minimum atomic E-state index is -4.78. The van der Waals surface area contributed by atoms with E-state index in [9.17, 15) is 27.5 Å². The molecule has 1 amide bonds. The molecule has 206 valence electrons. The van der Waals surface area contributed by atoms with E-state index >= 15 is 0 Å². The number of fused-ring (bicyclic) bond motifs is 1. The first-order chi connectivity index (χ1) is 19.2. The second-order valence-corrected chi connectivity index (χ2v) is 9.25. The van der Waals surface area contributed by atoms with E-state index in [1.807, 2.05) is 0 Å². The van der Waals surface area contributed by atoms with Crippen molar-refractivity contribution in [3.05, 3.63) is 82.7 Å². The van der Waals surface area contributed by atoms with E-state index < -0.39 is 29.2 Å². The number of benzene rings is 3. The van der Waals surface area contributed by atoms with E-state index in [4.69, 9.17) is 14.7 Å². The Kier molecular flexibility index (Phi) is 7.47. The number of nitriles is 1. The summed E-state index contributed by atoms with van der Waals surface area (Å²) in [6.45, 7) is 3.58. The first kappa shape index (κ1) is 27.2. The van der Waals surface area contributed by atoms with E-state index in [-0.39, 0.29) is 33.8 Å². The highest BCUT2D eigenvalue weighted by Crippen LogP contribution is 2.42. The number of amides is 1. The number of phenolic OH excluding ortho intramolecular Hbond substituents is 1. The van der Waals surface area contributed by atoms with E-state index in [1.54, 1.807) is 12.1 Å². The molecule has 40 heavy (non-hydrogen) atoms. The highest BCUT2D eigenvalue weighted by atomic mass is 19.4. The van der Waals surface area contributed by atoms with Gasteiger partial charge in [-0.3, -0.25) is 9.69 Å². The molecule has 7 nitrogen and oxygen atoms in total. The number of hydrogen-bond donors (Lipinski definition) is 1. The molecule has 0 spiro atoms. The Balaban J connectivity index is 1.42. The van der Waals surface area contributed by atoms with Crippen molar-refractivity contribution in [2.75, 3.05) is 44.3 Å². The molecule has 3 aromatic carbocycles. The molecule has 0 unspecified atom stereocenters. The van der Waals surface area contributed by atoms with Crippen molar-refractivity contribution in [2.45, 2.75) is 6.18 Å². The lowest BCUT2D eigenvalue weighted by Gasteiger charge is -2.28. The zero-order valence-corrected chi connectivity index (χ0v) is 21.0. The summed E-state index contributed by atoms with van der Waals surface area (Å²) in [6.07, 6.45) is -3.43. The molecule has 1 N–H and O–H groups in total. The maximum absolute atomic E-state index is 14.9. The SMILES string of the molecule is N#Cc1ccc(Oc2ccc(C=C3C(=O)N(CCN4CCOCC4)c4cccc(F)c43)c(O)c2)c(C(F)(F)F)c1. The molecule has 0 aromatic heterocycles. The topological polar surface area (TPSA) is 86.0 Å². The molecule has 11 heteroatoms. The van der Waals surface area contributed by atoms with Gasteiger partial charge >= 0.3 is 6.18 Å². The van der Waals surface area contributed by atoms with Gasteiger partial charge in [-0.2, -0.15) is 18.4 Å². The summed E-state index contributed by atoms with van der Waals surface area (Å²) in [5, 5.41) is 19.6. The summed E-state index contributed by atoms with van der Waals surface area (Å²) in [7, 11) is 0. The second kappa shape index (κ2) is 11.0. The molecule has 0 aliphatic carbocycles. The van der Waals surface area contributed by atoms with E-state index in [2.05, 4.69) is 4.90 Å². The molecule has 2 heterocycles. The summed E-state index contributed by atoms with van der Waals surface area (Å²) in [5.41, 5.74) is -0.595. The van der Waals surface area contributed by atoms with Crippen LogP contribution >= 0.6 is 0 Å². The van der Waals surface area contributed by atoms with Crippen molar-refractivity contribution in [1.29, 1.82) is 5.26 Å². The van der Waals surface area contributed by atoms with E-state index in [1.165, 1.54) is 41.3 Å². The monoisotopic (exact) mass is 553 g/mol. The van der Waals surface area contributed by atoms with Crippen molar-refractivity contribution in [3.63, 3.8) is 0 Å². The molecule has 1 fully saturated rings. The standard InChI is InChI=1S/C29H23F4N3O4/c30-23-2-1-3-24-27(23)21(28(38)36(24)9-8-35-10-12-39-13-11-35)15-19-5-6-20(16-25(19)37)40-26-7-4-18(17-34)14-22(26)29(31,32)33/h1-7,14-16,37H,8-13H2. The lowest BCUT2D eigenvalue weighted by atomic mass is 10.0. The van der Waals surface area contributed by atoms with Gasteiger partial charge in [0.1, 0.15) is 23.1 Å². The minimum absolute atomic E-state index is 0.0468. The average molecular weight is 554 g/mol. The van der Waals surface area contributed by atoms with Crippen molar-refractivity contribution >= 4 is 23.2 Å². The maximum Gasteiger partial charge on any atom is 0.420 e. The first-order valence-corrected chi connectivity index (χ1v) is 12.4. The van der Waals surface area contributed by atoms with E-state index in [0.29, 0.717) is 38.1 Å². The van der Waals surface area contributed by atoms with Gasteiger partial charge in [-0.05, 0) is 48.5 Å². The van der Waals surface area contributed by atoms with Crippen LogP contribution in [0.3, 0.4) is 0 Å². The van der Waals surface area contributed by atoms with Crippen LogP contribution in [0.15, 0.2) is 54.6 Å². The quantitative estimate of drug-likeness (QED) is 0.324. The third kappa shape index (κ3) is 5.50. The molecule has 0 bridgehead atoms. The van der Waals surface area contributed by atoms with Gasteiger partial charge in [0.2, 0.25) is 0 Å². The number of alkyl halides is 3. The molecular formula is C29H23F4N3O4. The highest BCUT2D eigenvalue weighted by Gasteiger charge is 2.36. The number of anilines is 1.